The van der Waals surface area contributed by atoms with E-state index in [1.54, 1.807) is 0 Å². The van der Waals surface area contributed by atoms with Crippen LogP contribution in [0.1, 0.15) is 187 Å². The van der Waals surface area contributed by atoms with E-state index in [1.165, 1.54) is 103 Å². The summed E-state index contributed by atoms with van der Waals surface area (Å²) in [6.07, 6.45) is 41.3. The van der Waals surface area contributed by atoms with E-state index in [1.807, 2.05) is 0 Å². The zero-order valence-electron chi connectivity index (χ0n) is 36.3. The predicted octanol–water partition coefficient (Wildman–Crippen LogP) is 10.5. The number of aliphatic hydroxyl groups is 4. The molecule has 4 N–H and O–H groups in total. The molecule has 0 aromatic heterocycles. The van der Waals surface area contributed by atoms with Crippen molar-refractivity contribution in [2.24, 2.45) is 0 Å². The lowest BCUT2D eigenvalue weighted by atomic mass is 9.99. The van der Waals surface area contributed by atoms with Gasteiger partial charge in [-0.15, -0.1) is 0 Å². The van der Waals surface area contributed by atoms with Gasteiger partial charge in [-0.3, -0.25) is 4.79 Å². The molecule has 0 aliphatic carbocycles. The van der Waals surface area contributed by atoms with E-state index in [9.17, 15) is 25.2 Å². The first-order valence-electron chi connectivity index (χ1n) is 23.2. The Bertz CT molecular complexity index is 1010. The molecular formula is C48H86O9. The first kappa shape index (κ1) is 53.2. The largest absolute Gasteiger partial charge is 0.457 e. The van der Waals surface area contributed by atoms with Crippen LogP contribution in [0.3, 0.4) is 0 Å². The van der Waals surface area contributed by atoms with Crippen LogP contribution in [-0.2, 0) is 23.7 Å². The lowest BCUT2D eigenvalue weighted by Gasteiger charge is -2.39. The summed E-state index contributed by atoms with van der Waals surface area (Å²) in [7, 11) is 0. The lowest BCUT2D eigenvalue weighted by Crippen LogP contribution is -2.59. The van der Waals surface area contributed by atoms with E-state index < -0.39 is 43.4 Å². The molecule has 0 bridgehead atoms. The van der Waals surface area contributed by atoms with Crippen molar-refractivity contribution in [1.29, 1.82) is 0 Å². The van der Waals surface area contributed by atoms with Crippen molar-refractivity contribution in [2.45, 2.75) is 224 Å². The maximum atomic E-state index is 12.8. The van der Waals surface area contributed by atoms with Crippen molar-refractivity contribution < 1.29 is 44.2 Å². The first-order chi connectivity index (χ1) is 27.9. The zero-order valence-corrected chi connectivity index (χ0v) is 36.3. The minimum Gasteiger partial charge on any atom is -0.457 e. The Balaban J connectivity index is 2.26. The molecule has 0 radical (unpaired) electrons. The maximum absolute atomic E-state index is 12.8. The molecule has 332 valence electrons. The van der Waals surface area contributed by atoms with Crippen molar-refractivity contribution in [1.82, 2.24) is 0 Å². The molecule has 1 aliphatic rings. The number of allylic oxidation sites excluding steroid dienone is 8. The third kappa shape index (κ3) is 30.8. The molecule has 0 aromatic rings. The Hall–Kier alpha value is -1.85. The third-order valence-electron chi connectivity index (χ3n) is 10.5. The van der Waals surface area contributed by atoms with Gasteiger partial charge in [0.05, 0.1) is 19.8 Å². The number of unbranched alkanes of at least 4 members (excludes halogenated alkanes) is 20. The predicted molar refractivity (Wildman–Crippen MR) is 233 cm³/mol. The number of aliphatic hydroxyl groups excluding tert-OH is 4. The average Bonchev–Trinajstić information content (AvgIpc) is 3.21. The molecule has 0 amide bonds. The molecule has 1 fully saturated rings. The van der Waals surface area contributed by atoms with Crippen molar-refractivity contribution in [3.8, 4) is 0 Å². The van der Waals surface area contributed by atoms with E-state index in [0.717, 1.165) is 64.2 Å². The van der Waals surface area contributed by atoms with Gasteiger partial charge in [0.25, 0.3) is 0 Å². The summed E-state index contributed by atoms with van der Waals surface area (Å²) in [5.74, 6) is -0.330. The van der Waals surface area contributed by atoms with Crippen LogP contribution in [0, 0.1) is 0 Å². The fraction of sp³-hybridized carbons (Fsp3) is 0.812. The van der Waals surface area contributed by atoms with Crippen LogP contribution in [0.25, 0.3) is 0 Å². The number of hydrogen-bond acceptors (Lipinski definition) is 9. The van der Waals surface area contributed by atoms with Crippen LogP contribution in [0.4, 0.5) is 0 Å². The molecule has 1 heterocycles. The molecule has 0 aromatic carbocycles. The monoisotopic (exact) mass is 807 g/mol. The smallest absolute Gasteiger partial charge is 0.306 e. The van der Waals surface area contributed by atoms with Crippen LogP contribution in [-0.4, -0.2) is 89.6 Å². The Kier molecular flexibility index (Phi) is 36.9. The Morgan fingerprint density at radius 2 is 1.02 bits per heavy atom. The summed E-state index contributed by atoms with van der Waals surface area (Å²) in [4.78, 5) is 12.8. The molecule has 1 aliphatic heterocycles. The van der Waals surface area contributed by atoms with Gasteiger partial charge in [-0.2, -0.15) is 0 Å². The number of ether oxygens (including phenoxy) is 4. The van der Waals surface area contributed by atoms with Gasteiger partial charge in [0.15, 0.2) is 6.29 Å². The minimum absolute atomic E-state index is 0.122. The molecule has 9 nitrogen and oxygen atoms in total. The quantitative estimate of drug-likeness (QED) is 0.0272. The van der Waals surface area contributed by atoms with Crippen LogP contribution in [0.5, 0.6) is 0 Å². The second kappa shape index (κ2) is 39.6. The van der Waals surface area contributed by atoms with Gasteiger partial charge < -0.3 is 39.4 Å². The van der Waals surface area contributed by atoms with Gasteiger partial charge in [0.1, 0.15) is 30.5 Å². The van der Waals surface area contributed by atoms with E-state index in [2.05, 4.69) is 62.5 Å². The van der Waals surface area contributed by atoms with Gasteiger partial charge in [-0.25, -0.2) is 0 Å². The third-order valence-corrected chi connectivity index (χ3v) is 10.5. The van der Waals surface area contributed by atoms with Gasteiger partial charge >= 0.3 is 5.97 Å². The molecule has 6 atom stereocenters. The number of carbonyl (C=O) groups excluding carboxylic acids is 1. The fourth-order valence-corrected chi connectivity index (χ4v) is 6.79. The molecule has 1 rings (SSSR count). The highest BCUT2D eigenvalue weighted by Crippen LogP contribution is 2.22. The molecule has 0 spiro atoms. The Morgan fingerprint density at radius 3 is 1.54 bits per heavy atom. The van der Waals surface area contributed by atoms with E-state index in [0.29, 0.717) is 13.0 Å². The number of esters is 1. The van der Waals surface area contributed by atoms with Crippen LogP contribution >= 0.6 is 0 Å². The van der Waals surface area contributed by atoms with Crippen LogP contribution in [0.15, 0.2) is 48.6 Å². The molecule has 57 heavy (non-hydrogen) atoms. The van der Waals surface area contributed by atoms with Crippen LogP contribution < -0.4 is 0 Å². The average molecular weight is 807 g/mol. The Labute approximate surface area is 348 Å². The SMILES string of the molecule is CCCCC/C=C\C/C=C\CCCCCCCC(=O)OC(COCCCCCCCCCC/C=C\C/C=C\CCCCCC)COC1OC(CO)C(O)C(O)C1O. The van der Waals surface area contributed by atoms with Gasteiger partial charge in [0, 0.05) is 13.0 Å². The van der Waals surface area contributed by atoms with Crippen molar-refractivity contribution >= 4 is 5.97 Å². The summed E-state index contributed by atoms with van der Waals surface area (Å²) in [6.45, 7) is 4.49. The van der Waals surface area contributed by atoms with Gasteiger partial charge in [-0.05, 0) is 77.0 Å². The van der Waals surface area contributed by atoms with Crippen molar-refractivity contribution in [3.05, 3.63) is 48.6 Å². The normalized spacial score (nSPS) is 20.8. The van der Waals surface area contributed by atoms with E-state index in [4.69, 9.17) is 18.9 Å². The summed E-state index contributed by atoms with van der Waals surface area (Å²) < 4.78 is 22.8. The lowest BCUT2D eigenvalue weighted by molar-refractivity contribution is -0.305. The second-order valence-corrected chi connectivity index (χ2v) is 15.8. The van der Waals surface area contributed by atoms with Crippen LogP contribution in [0.2, 0.25) is 0 Å². The highest BCUT2D eigenvalue weighted by Gasteiger charge is 2.44. The summed E-state index contributed by atoms with van der Waals surface area (Å²) in [5.41, 5.74) is 0. The van der Waals surface area contributed by atoms with E-state index in [-0.39, 0.29) is 19.2 Å². The summed E-state index contributed by atoms with van der Waals surface area (Å²) in [6, 6.07) is 0. The summed E-state index contributed by atoms with van der Waals surface area (Å²) >= 11 is 0. The zero-order chi connectivity index (χ0) is 41.4. The summed E-state index contributed by atoms with van der Waals surface area (Å²) in [5, 5.41) is 40.1. The Morgan fingerprint density at radius 1 is 0.561 bits per heavy atom. The number of carbonyl (C=O) groups is 1. The molecule has 1 saturated heterocycles. The highest BCUT2D eigenvalue weighted by atomic mass is 16.7. The number of hydrogen-bond donors (Lipinski definition) is 4. The first-order valence-corrected chi connectivity index (χ1v) is 23.2. The molecular weight excluding hydrogens is 721 g/mol. The van der Waals surface area contributed by atoms with E-state index >= 15 is 0 Å². The number of rotatable bonds is 39. The molecule has 9 heteroatoms. The van der Waals surface area contributed by atoms with Gasteiger partial charge in [0.2, 0.25) is 0 Å². The van der Waals surface area contributed by atoms with Gasteiger partial charge in [-0.1, -0.05) is 152 Å². The maximum Gasteiger partial charge on any atom is 0.306 e. The molecule has 0 saturated carbocycles. The van der Waals surface area contributed by atoms with Crippen molar-refractivity contribution in [2.75, 3.05) is 26.4 Å². The topological polar surface area (TPSA) is 135 Å². The van der Waals surface area contributed by atoms with Crippen molar-refractivity contribution in [3.63, 3.8) is 0 Å². The second-order valence-electron chi connectivity index (χ2n) is 15.8. The highest BCUT2D eigenvalue weighted by molar-refractivity contribution is 5.69. The fourth-order valence-electron chi connectivity index (χ4n) is 6.79. The standard InChI is InChI=1S/C48H86O9/c1-3-5-7-9-11-13-15-17-19-20-21-22-24-26-28-30-32-34-36-38-54-40-42(41-55-48-47(53)46(52)45(51)43(39-49)57-48)56-44(50)37-35-33-31-29-27-25-23-18-16-14-12-10-8-6-4-2/h12-15,18-20,23,42-43,45-49,51-53H,3-11,16-17,21-22,24-41H2,1-2H3/b14-12-,15-13-,20-19-,23-18-. The minimum atomic E-state index is -1.54. The molecule has 6 unspecified atom stereocenters.